The molecule has 0 bridgehead atoms. The zero-order valence-electron chi connectivity index (χ0n) is 15.1. The van der Waals surface area contributed by atoms with Gasteiger partial charge in [0.2, 0.25) is 0 Å². The Morgan fingerprint density at radius 1 is 1.25 bits per heavy atom. The lowest BCUT2D eigenvalue weighted by molar-refractivity contribution is -0.115. The third kappa shape index (κ3) is 6.37. The number of pyridine rings is 1. The lowest BCUT2D eigenvalue weighted by atomic mass is 10.1. The molecule has 1 aromatic heterocycles. The van der Waals surface area contributed by atoms with Gasteiger partial charge >= 0.3 is 0 Å². The van der Waals surface area contributed by atoms with Crippen molar-refractivity contribution in [3.05, 3.63) is 65.6 Å². The maximum atomic E-state index is 13.4. The number of nitrogens with one attached hydrogen (secondary N) is 3. The number of carbonyl (C=O) groups excluding carboxylic acids is 1. The third-order valence-electron chi connectivity index (χ3n) is 3.64. The second kappa shape index (κ2) is 10.6. The van der Waals surface area contributed by atoms with E-state index in [1.807, 2.05) is 6.07 Å². The van der Waals surface area contributed by atoms with E-state index in [0.29, 0.717) is 30.6 Å². The van der Waals surface area contributed by atoms with Gasteiger partial charge in [-0.3, -0.25) is 4.79 Å². The molecule has 1 heterocycles. The first-order chi connectivity index (χ1) is 13.5. The van der Waals surface area contributed by atoms with Crippen LogP contribution in [0.25, 0.3) is 6.08 Å². The second-order valence-electron chi connectivity index (χ2n) is 5.57. The van der Waals surface area contributed by atoms with Crippen molar-refractivity contribution in [2.24, 2.45) is 0 Å². The smallest absolute Gasteiger partial charge is 0.296 e. The molecule has 28 heavy (non-hydrogen) atoms. The van der Waals surface area contributed by atoms with Crippen LogP contribution in [-0.2, 0) is 11.3 Å². The number of hydrogen-bond donors (Lipinski definition) is 4. The number of anilines is 1. The molecule has 0 spiro atoms. The van der Waals surface area contributed by atoms with Crippen molar-refractivity contribution >= 4 is 35.1 Å². The van der Waals surface area contributed by atoms with E-state index < -0.39 is 11.7 Å². The molecule has 1 aromatic carbocycles. The molecule has 0 aliphatic rings. The first-order valence-electron chi connectivity index (χ1n) is 8.43. The highest BCUT2D eigenvalue weighted by molar-refractivity contribution is 7.80. The summed E-state index contributed by atoms with van der Waals surface area (Å²) in [6, 6.07) is 7.84. The molecule has 144 valence electrons. The molecule has 2 aromatic rings. The molecule has 0 aliphatic heterocycles. The van der Waals surface area contributed by atoms with Gasteiger partial charge in [-0.1, -0.05) is 30.7 Å². The molecule has 5 N–H and O–H groups in total. The number of aromatic nitrogens is 1. The monoisotopic (exact) mass is 397 g/mol. The number of carbonyl (C=O) groups is 1. The van der Waals surface area contributed by atoms with E-state index in [1.165, 1.54) is 12.1 Å². The van der Waals surface area contributed by atoms with Crippen LogP contribution in [-0.4, -0.2) is 29.1 Å². The highest BCUT2D eigenvalue weighted by Gasteiger charge is 2.05. The fourth-order valence-electron chi connectivity index (χ4n) is 2.24. The summed E-state index contributed by atoms with van der Waals surface area (Å²) >= 11 is 5.20. The van der Waals surface area contributed by atoms with Gasteiger partial charge in [-0.2, -0.15) is 0 Å². The quantitative estimate of drug-likeness (QED) is 0.336. The minimum atomic E-state index is -0.494. The van der Waals surface area contributed by atoms with Gasteiger partial charge in [0.25, 0.3) is 5.91 Å². The number of benzene rings is 1. The minimum Gasteiger partial charge on any atom is -0.383 e. The maximum absolute atomic E-state index is 13.4. The van der Waals surface area contributed by atoms with Crippen LogP contribution in [0.5, 0.6) is 0 Å². The summed E-state index contributed by atoms with van der Waals surface area (Å²) in [5.41, 5.74) is 7.66. The first-order valence-corrected chi connectivity index (χ1v) is 8.84. The molecular weight excluding hydrogens is 377 g/mol. The predicted molar refractivity (Wildman–Crippen MR) is 112 cm³/mol. The number of nitrogens with zero attached hydrogens (tertiary/aromatic N) is 1. The Morgan fingerprint density at radius 3 is 2.75 bits per heavy atom. The normalized spacial score (nSPS) is 9.61. The summed E-state index contributed by atoms with van der Waals surface area (Å²) in [4.78, 5) is 15.7. The van der Waals surface area contributed by atoms with Crippen molar-refractivity contribution in [1.29, 1.82) is 0 Å². The molecule has 8 heteroatoms. The lowest BCUT2D eigenvalue weighted by Crippen LogP contribution is -2.39. The number of hydrogen-bond acceptors (Lipinski definition) is 4. The van der Waals surface area contributed by atoms with Gasteiger partial charge in [0.05, 0.1) is 5.56 Å². The molecule has 0 saturated heterocycles. The van der Waals surface area contributed by atoms with Crippen LogP contribution in [0.3, 0.4) is 0 Å². The maximum Gasteiger partial charge on any atom is 0.296 e. The lowest BCUT2D eigenvalue weighted by Gasteiger charge is -2.12. The Balaban J connectivity index is 1.70. The van der Waals surface area contributed by atoms with E-state index in [0.717, 1.165) is 11.1 Å². The van der Waals surface area contributed by atoms with Crippen LogP contribution in [0.1, 0.15) is 16.7 Å². The van der Waals surface area contributed by atoms with E-state index in [-0.39, 0.29) is 5.56 Å². The minimum absolute atomic E-state index is 0.178. The number of halogens is 1. The molecule has 0 unspecified atom stereocenters. The molecule has 6 nitrogen and oxygen atoms in total. The molecule has 0 radical (unpaired) electrons. The van der Waals surface area contributed by atoms with Gasteiger partial charge in [0.15, 0.2) is 5.11 Å². The number of nitrogens with two attached hydrogens (primary N) is 1. The molecule has 0 aliphatic carbocycles. The van der Waals surface area contributed by atoms with Gasteiger partial charge in [-0.25, -0.2) is 9.37 Å². The zero-order valence-corrected chi connectivity index (χ0v) is 15.9. The summed E-state index contributed by atoms with van der Waals surface area (Å²) in [5, 5.41) is 9.05. The van der Waals surface area contributed by atoms with Crippen molar-refractivity contribution in [1.82, 2.24) is 20.9 Å². The van der Waals surface area contributed by atoms with Crippen LogP contribution in [0.4, 0.5) is 10.2 Å². The average molecular weight is 397 g/mol. The average Bonchev–Trinajstić information content (AvgIpc) is 2.69. The third-order valence-corrected chi connectivity index (χ3v) is 3.92. The largest absolute Gasteiger partial charge is 0.383 e. The van der Waals surface area contributed by atoms with E-state index in [9.17, 15) is 9.18 Å². The van der Waals surface area contributed by atoms with E-state index >= 15 is 0 Å². The number of rotatable bonds is 6. The van der Waals surface area contributed by atoms with Crippen molar-refractivity contribution in [3.8, 4) is 11.8 Å². The standard InChI is InChI=1S/C20H20FN5OS/c1-2-16-15(9-10-24-19(16)22)13-26-20(28)25-12-11-23-18(27)8-7-14-5-3-4-6-17(14)21/h2-6,9-10H,1,11-13H2,(H2,22,24)(H,23,27)(H2,25,26,28). The summed E-state index contributed by atoms with van der Waals surface area (Å²) in [7, 11) is 0. The predicted octanol–water partition coefficient (Wildman–Crippen LogP) is 1.58. The van der Waals surface area contributed by atoms with E-state index in [1.54, 1.807) is 24.4 Å². The van der Waals surface area contributed by atoms with Gasteiger partial charge in [-0.05, 0) is 36.0 Å². The molecule has 0 fully saturated rings. The zero-order chi connectivity index (χ0) is 20.4. The second-order valence-corrected chi connectivity index (χ2v) is 5.98. The summed E-state index contributed by atoms with van der Waals surface area (Å²) in [6.07, 6.45) is 3.27. The Kier molecular flexibility index (Phi) is 7.93. The van der Waals surface area contributed by atoms with Crippen molar-refractivity contribution in [3.63, 3.8) is 0 Å². The fraction of sp³-hybridized carbons (Fsp3) is 0.150. The van der Waals surface area contributed by atoms with Gasteiger partial charge < -0.3 is 21.7 Å². The van der Waals surface area contributed by atoms with Crippen molar-refractivity contribution < 1.29 is 9.18 Å². The number of nitrogen functional groups attached to an aromatic ring is 1. The molecule has 0 atom stereocenters. The molecule has 2 rings (SSSR count). The molecule has 0 saturated carbocycles. The number of amides is 1. The topological polar surface area (TPSA) is 92.1 Å². The van der Waals surface area contributed by atoms with Crippen LogP contribution >= 0.6 is 12.2 Å². The van der Waals surface area contributed by atoms with Crippen LogP contribution in [0.2, 0.25) is 0 Å². The van der Waals surface area contributed by atoms with Crippen LogP contribution < -0.4 is 21.7 Å². The van der Waals surface area contributed by atoms with Gasteiger partial charge in [-0.15, -0.1) is 0 Å². The van der Waals surface area contributed by atoms with Crippen molar-refractivity contribution in [2.45, 2.75) is 6.54 Å². The molecular formula is C20H20FN5OS. The summed E-state index contributed by atoms with van der Waals surface area (Å²) < 4.78 is 13.4. The Bertz CT molecular complexity index is 936. The number of thiocarbonyl (C=S) groups is 1. The van der Waals surface area contributed by atoms with Gasteiger partial charge in [0, 0.05) is 37.3 Å². The summed E-state index contributed by atoms with van der Waals surface area (Å²) in [6.45, 7) is 4.91. The SMILES string of the molecule is C=Cc1c(CNC(=S)NCCNC(=O)C#Cc2ccccc2F)ccnc1N. The van der Waals surface area contributed by atoms with Gasteiger partial charge in [0.1, 0.15) is 11.6 Å². The highest BCUT2D eigenvalue weighted by Crippen LogP contribution is 2.15. The van der Waals surface area contributed by atoms with Crippen molar-refractivity contribution in [2.75, 3.05) is 18.8 Å². The van der Waals surface area contributed by atoms with Crippen LogP contribution in [0, 0.1) is 17.7 Å². The van der Waals surface area contributed by atoms with E-state index in [4.69, 9.17) is 18.0 Å². The fourth-order valence-corrected chi connectivity index (χ4v) is 2.42. The highest BCUT2D eigenvalue weighted by atomic mass is 32.1. The first kappa shape index (κ1) is 20.9. The molecule has 1 amide bonds. The Labute approximate surface area is 168 Å². The Morgan fingerprint density at radius 2 is 2.00 bits per heavy atom. The van der Waals surface area contributed by atoms with E-state index in [2.05, 4.69) is 39.4 Å². The Hall–Kier alpha value is -3.44. The van der Waals surface area contributed by atoms with Crippen LogP contribution in [0.15, 0.2) is 43.1 Å². The summed E-state index contributed by atoms with van der Waals surface area (Å²) in [5.74, 6) is 4.30.